The first-order chi connectivity index (χ1) is 20.2. The molecule has 1 aliphatic rings. The van der Waals surface area contributed by atoms with Crippen LogP contribution in [-0.2, 0) is 27.4 Å². The van der Waals surface area contributed by atoms with Gasteiger partial charge in [-0.15, -0.1) is 0 Å². The van der Waals surface area contributed by atoms with Gasteiger partial charge in [-0.3, -0.25) is 0 Å². The fourth-order valence-electron chi connectivity index (χ4n) is 4.89. The van der Waals surface area contributed by atoms with Crippen molar-refractivity contribution in [3.63, 3.8) is 0 Å². The van der Waals surface area contributed by atoms with E-state index in [1.54, 1.807) is 14.2 Å². The molecule has 1 N–H and O–H groups in total. The molecule has 0 spiro atoms. The molecule has 0 radical (unpaired) electrons. The summed E-state index contributed by atoms with van der Waals surface area (Å²) >= 11 is 6.33. The van der Waals surface area contributed by atoms with E-state index in [1.165, 1.54) is 5.56 Å². The highest BCUT2D eigenvalue weighted by atomic mass is 35.5. The van der Waals surface area contributed by atoms with Gasteiger partial charge in [-0.2, -0.15) is 0 Å². The Hall–Kier alpha value is -2.81. The van der Waals surface area contributed by atoms with E-state index in [4.69, 9.17) is 40.0 Å². The summed E-state index contributed by atoms with van der Waals surface area (Å²) in [6.07, 6.45) is 2.71. The lowest BCUT2D eigenvalue weighted by atomic mass is 9.87. The van der Waals surface area contributed by atoms with Gasteiger partial charge in [-0.25, -0.2) is 0 Å². The number of ether oxygens (including phenoxy) is 6. The van der Waals surface area contributed by atoms with Crippen LogP contribution in [0.3, 0.4) is 0 Å². The number of para-hydroxylation sites is 1. The molecule has 8 heteroatoms. The molecule has 7 nitrogen and oxygen atoms in total. The van der Waals surface area contributed by atoms with Gasteiger partial charge in [0, 0.05) is 44.6 Å². The molecule has 3 aromatic carbocycles. The summed E-state index contributed by atoms with van der Waals surface area (Å²) in [5.41, 5.74) is 3.35. The van der Waals surface area contributed by atoms with Crippen molar-refractivity contribution in [1.82, 2.24) is 5.32 Å². The summed E-state index contributed by atoms with van der Waals surface area (Å²) in [5.74, 6) is 2.71. The molecule has 0 saturated carbocycles. The van der Waals surface area contributed by atoms with E-state index in [0.717, 1.165) is 55.0 Å². The zero-order valence-corrected chi connectivity index (χ0v) is 24.9. The van der Waals surface area contributed by atoms with Gasteiger partial charge in [0.1, 0.15) is 17.2 Å². The zero-order chi connectivity index (χ0) is 28.7. The molecule has 0 bridgehead atoms. The van der Waals surface area contributed by atoms with E-state index in [9.17, 15) is 0 Å². The van der Waals surface area contributed by atoms with Crippen LogP contribution < -0.4 is 19.5 Å². The molecule has 0 aliphatic carbocycles. The largest absolute Gasteiger partial charge is 0.496 e. The van der Waals surface area contributed by atoms with Gasteiger partial charge < -0.3 is 33.7 Å². The molecular formula is C33H42ClNO6. The summed E-state index contributed by atoms with van der Waals surface area (Å²) in [6.45, 7) is 5.25. The molecule has 2 atom stereocenters. The van der Waals surface area contributed by atoms with E-state index in [0.29, 0.717) is 56.3 Å². The average molecular weight is 584 g/mol. The predicted octanol–water partition coefficient (Wildman–Crippen LogP) is 6.41. The summed E-state index contributed by atoms with van der Waals surface area (Å²) in [7, 11) is 3.36. The molecule has 1 heterocycles. The summed E-state index contributed by atoms with van der Waals surface area (Å²) in [4.78, 5) is 0. The van der Waals surface area contributed by atoms with Crippen LogP contribution in [0.15, 0.2) is 66.7 Å². The average Bonchev–Trinajstić information content (AvgIpc) is 3.02. The second-order valence-electron chi connectivity index (χ2n) is 10.0. The van der Waals surface area contributed by atoms with Gasteiger partial charge in [0.2, 0.25) is 0 Å². The standard InChI is InChI=1S/C33H42ClNO6/c1-36-17-5-20-40-32-21-25(9-14-30(32)34)23-41-33-22-35-16-15-29(33)26-10-12-28(13-11-26)39-19-6-18-38-24-27-7-3-4-8-31(27)37-2/h3-4,7-14,21,29,33,35H,5-6,15-20,22-24H2,1-2H3. The number of hydrogen-bond acceptors (Lipinski definition) is 7. The molecule has 1 aliphatic heterocycles. The molecule has 4 rings (SSSR count). The molecule has 2 unspecified atom stereocenters. The van der Waals surface area contributed by atoms with Crippen molar-refractivity contribution in [2.24, 2.45) is 0 Å². The van der Waals surface area contributed by atoms with Gasteiger partial charge in [0.05, 0.1) is 51.3 Å². The number of nitrogens with one attached hydrogen (secondary N) is 1. The lowest BCUT2D eigenvalue weighted by Crippen LogP contribution is -2.40. The molecule has 0 amide bonds. The van der Waals surface area contributed by atoms with E-state index < -0.39 is 0 Å². The van der Waals surface area contributed by atoms with Gasteiger partial charge in [0.25, 0.3) is 0 Å². The minimum atomic E-state index is 0.0673. The zero-order valence-electron chi connectivity index (χ0n) is 24.1. The van der Waals surface area contributed by atoms with Crippen LogP contribution in [0.5, 0.6) is 17.2 Å². The second kappa shape index (κ2) is 17.2. The number of piperidine rings is 1. The first-order valence-electron chi connectivity index (χ1n) is 14.3. The maximum absolute atomic E-state index is 6.42. The second-order valence-corrected chi connectivity index (χ2v) is 10.5. The Labute approximate surface area is 249 Å². The third kappa shape index (κ3) is 9.90. The third-order valence-electron chi connectivity index (χ3n) is 7.10. The van der Waals surface area contributed by atoms with Crippen molar-refractivity contribution in [2.45, 2.75) is 44.5 Å². The van der Waals surface area contributed by atoms with E-state index in [1.807, 2.05) is 42.5 Å². The first-order valence-corrected chi connectivity index (χ1v) is 14.7. The van der Waals surface area contributed by atoms with Crippen LogP contribution in [0.4, 0.5) is 0 Å². The Morgan fingerprint density at radius 2 is 1.63 bits per heavy atom. The highest BCUT2D eigenvalue weighted by Gasteiger charge is 2.27. The summed E-state index contributed by atoms with van der Waals surface area (Å²) < 4.78 is 34.5. The van der Waals surface area contributed by atoms with Crippen LogP contribution >= 0.6 is 11.6 Å². The molecule has 1 fully saturated rings. The van der Waals surface area contributed by atoms with Crippen LogP contribution in [0, 0.1) is 0 Å². The maximum Gasteiger partial charge on any atom is 0.138 e. The highest BCUT2D eigenvalue weighted by Crippen LogP contribution is 2.31. The first kappa shape index (κ1) is 31.1. The van der Waals surface area contributed by atoms with Crippen molar-refractivity contribution in [2.75, 3.05) is 53.7 Å². The number of methoxy groups -OCH3 is 2. The van der Waals surface area contributed by atoms with Crippen molar-refractivity contribution in [3.8, 4) is 17.2 Å². The molecule has 3 aromatic rings. The number of rotatable bonds is 17. The Balaban J connectivity index is 1.21. The maximum atomic E-state index is 6.42. The molecule has 41 heavy (non-hydrogen) atoms. The Bertz CT molecular complexity index is 1170. The molecule has 222 valence electrons. The van der Waals surface area contributed by atoms with E-state index in [-0.39, 0.29) is 6.10 Å². The number of hydrogen-bond donors (Lipinski definition) is 1. The minimum Gasteiger partial charge on any atom is -0.496 e. The van der Waals surface area contributed by atoms with Gasteiger partial charge in [-0.05, 0) is 54.4 Å². The quantitative estimate of drug-likeness (QED) is 0.184. The normalized spacial score (nSPS) is 16.9. The van der Waals surface area contributed by atoms with Crippen LogP contribution in [-0.4, -0.2) is 59.8 Å². The van der Waals surface area contributed by atoms with Crippen LogP contribution in [0.2, 0.25) is 5.02 Å². The molecule has 1 saturated heterocycles. The number of halogens is 1. The molecule has 0 aromatic heterocycles. The Morgan fingerprint density at radius 3 is 2.46 bits per heavy atom. The number of benzene rings is 3. The summed E-state index contributed by atoms with van der Waals surface area (Å²) in [5, 5.41) is 4.08. The van der Waals surface area contributed by atoms with Crippen molar-refractivity contribution in [1.29, 1.82) is 0 Å². The fourth-order valence-corrected chi connectivity index (χ4v) is 5.06. The van der Waals surface area contributed by atoms with Crippen molar-refractivity contribution < 1.29 is 28.4 Å². The monoisotopic (exact) mass is 583 g/mol. The minimum absolute atomic E-state index is 0.0673. The van der Waals surface area contributed by atoms with E-state index >= 15 is 0 Å². The topological polar surface area (TPSA) is 67.4 Å². The van der Waals surface area contributed by atoms with Gasteiger partial charge in [-0.1, -0.05) is 48.0 Å². The van der Waals surface area contributed by atoms with E-state index in [2.05, 4.69) is 29.6 Å². The third-order valence-corrected chi connectivity index (χ3v) is 7.41. The molecular weight excluding hydrogens is 542 g/mol. The van der Waals surface area contributed by atoms with Crippen molar-refractivity contribution in [3.05, 3.63) is 88.4 Å². The SMILES string of the molecule is COCCCOc1cc(COC2CNCCC2c2ccc(OCCCOCc3ccccc3OC)cc2)ccc1Cl. The lowest BCUT2D eigenvalue weighted by molar-refractivity contribution is 0.0105. The lowest BCUT2D eigenvalue weighted by Gasteiger charge is -2.32. The highest BCUT2D eigenvalue weighted by molar-refractivity contribution is 6.32. The summed E-state index contributed by atoms with van der Waals surface area (Å²) in [6, 6.07) is 22.2. The van der Waals surface area contributed by atoms with Crippen molar-refractivity contribution >= 4 is 11.6 Å². The smallest absolute Gasteiger partial charge is 0.138 e. The predicted molar refractivity (Wildman–Crippen MR) is 161 cm³/mol. The fraction of sp³-hybridized carbons (Fsp3) is 0.455. The van der Waals surface area contributed by atoms with Gasteiger partial charge >= 0.3 is 0 Å². The van der Waals surface area contributed by atoms with Crippen LogP contribution in [0.1, 0.15) is 41.9 Å². The Kier molecular flexibility index (Phi) is 13.1. The Morgan fingerprint density at radius 1 is 0.829 bits per heavy atom. The van der Waals surface area contributed by atoms with Gasteiger partial charge in [0.15, 0.2) is 0 Å². The van der Waals surface area contributed by atoms with Crippen LogP contribution in [0.25, 0.3) is 0 Å².